The highest BCUT2D eigenvalue weighted by Crippen LogP contribution is 2.41. The molecular formula is C36H40N4O6. The Morgan fingerprint density at radius 1 is 1.00 bits per heavy atom. The molecule has 5 rings (SSSR count). The molecule has 2 aliphatic heterocycles. The van der Waals surface area contributed by atoms with Crippen LogP contribution in [0.3, 0.4) is 0 Å². The van der Waals surface area contributed by atoms with Crippen molar-refractivity contribution in [3.05, 3.63) is 75.4 Å². The number of carboxylic acid groups (broad SMARTS) is 1. The molecule has 5 heterocycles. The number of hydrogen-bond donors (Lipinski definition) is 3. The summed E-state index contributed by atoms with van der Waals surface area (Å²) in [4.78, 5) is 54.3. The van der Waals surface area contributed by atoms with Crippen LogP contribution >= 0.6 is 0 Å². The highest BCUT2D eigenvalue weighted by Gasteiger charge is 2.35. The molecule has 10 nitrogen and oxygen atoms in total. The third-order valence-corrected chi connectivity index (χ3v) is 8.92. The van der Waals surface area contributed by atoms with Crippen LogP contribution in [0.2, 0.25) is 0 Å². The number of fused-ring (bicyclic) bond motifs is 8. The van der Waals surface area contributed by atoms with Crippen LogP contribution in [0.15, 0.2) is 24.8 Å². The molecule has 2 aliphatic rings. The van der Waals surface area contributed by atoms with Crippen LogP contribution in [0.4, 0.5) is 0 Å². The average molecular weight is 625 g/mol. The molecule has 0 saturated carbocycles. The molecule has 0 amide bonds. The highest BCUT2D eigenvalue weighted by atomic mass is 16.5. The predicted molar refractivity (Wildman–Crippen MR) is 178 cm³/mol. The molecule has 0 aromatic carbocycles. The summed E-state index contributed by atoms with van der Waals surface area (Å²) >= 11 is 0. The van der Waals surface area contributed by atoms with Crippen molar-refractivity contribution in [3.63, 3.8) is 0 Å². The van der Waals surface area contributed by atoms with E-state index < -0.39 is 24.0 Å². The number of ether oxygens (including phenoxy) is 2. The number of rotatable bonds is 8. The van der Waals surface area contributed by atoms with E-state index in [2.05, 4.69) is 23.5 Å². The van der Waals surface area contributed by atoms with Gasteiger partial charge in [0.05, 0.1) is 34.8 Å². The largest absolute Gasteiger partial charge is 0.478 e. The number of aromatic nitrogens is 4. The summed E-state index contributed by atoms with van der Waals surface area (Å²) < 4.78 is 11.3. The summed E-state index contributed by atoms with van der Waals surface area (Å²) in [7, 11) is 0. The van der Waals surface area contributed by atoms with Gasteiger partial charge in [0.2, 0.25) is 0 Å². The van der Waals surface area contributed by atoms with Gasteiger partial charge in [-0.15, -0.1) is 0 Å². The molecule has 0 fully saturated rings. The van der Waals surface area contributed by atoms with E-state index in [1.165, 1.54) is 6.92 Å². The fraction of sp³-hybridized carbons (Fsp3) is 0.361. The van der Waals surface area contributed by atoms with Gasteiger partial charge in [0.1, 0.15) is 0 Å². The van der Waals surface area contributed by atoms with Crippen LogP contribution in [-0.4, -0.2) is 49.6 Å². The van der Waals surface area contributed by atoms with Gasteiger partial charge in [-0.1, -0.05) is 33.4 Å². The summed E-state index contributed by atoms with van der Waals surface area (Å²) in [5.41, 5.74) is 10.2. The standard InChI is InChI=1S/C36H40N4O6/c1-9-22-17(4)25-14-28-20(7)35(46-31(42)11-3)34(40-28)24(12-13-45-21(8)41)33-32(36(43)44)19(6)27(39-33)16-30-23(10-2)18(5)26(38-30)15-29(22)37-25/h9,14-16,20,35,37,39H,1,10-13H2,2-8H3,(H,43,44). The zero-order valence-electron chi connectivity index (χ0n) is 27.4. The Morgan fingerprint density at radius 3 is 2.33 bits per heavy atom. The number of aromatic carboxylic acids is 1. The van der Waals surface area contributed by atoms with E-state index >= 15 is 0 Å². The van der Waals surface area contributed by atoms with E-state index in [0.717, 1.165) is 51.1 Å². The Hall–Kier alpha value is -4.99. The Bertz CT molecular complexity index is 1980. The summed E-state index contributed by atoms with van der Waals surface area (Å²) in [5, 5.41) is 10.5. The topological polar surface area (TPSA) is 147 Å². The van der Waals surface area contributed by atoms with Crippen molar-refractivity contribution in [2.75, 3.05) is 6.61 Å². The Labute approximate surface area is 267 Å². The summed E-state index contributed by atoms with van der Waals surface area (Å²) in [5.74, 6) is -2.36. The lowest BCUT2D eigenvalue weighted by Gasteiger charge is -2.19. The van der Waals surface area contributed by atoms with E-state index in [-0.39, 0.29) is 30.9 Å². The Morgan fingerprint density at radius 2 is 1.70 bits per heavy atom. The lowest BCUT2D eigenvalue weighted by Crippen LogP contribution is -2.15. The molecule has 0 spiro atoms. The summed E-state index contributed by atoms with van der Waals surface area (Å²) in [6.07, 6.45) is 2.04. The number of H-pyrrole nitrogens is 2. The van der Waals surface area contributed by atoms with Gasteiger partial charge < -0.3 is 24.5 Å². The van der Waals surface area contributed by atoms with Gasteiger partial charge in [-0.05, 0) is 67.7 Å². The van der Waals surface area contributed by atoms with Crippen molar-refractivity contribution in [2.24, 2.45) is 0 Å². The van der Waals surface area contributed by atoms with Gasteiger partial charge in [0, 0.05) is 59.1 Å². The molecule has 8 bridgehead atoms. The first-order chi connectivity index (χ1) is 21.9. The zero-order valence-corrected chi connectivity index (χ0v) is 27.4. The first kappa shape index (κ1) is 32.4. The molecule has 2 atom stereocenters. The van der Waals surface area contributed by atoms with Gasteiger partial charge in [-0.3, -0.25) is 14.6 Å². The van der Waals surface area contributed by atoms with E-state index in [9.17, 15) is 19.5 Å². The molecule has 46 heavy (non-hydrogen) atoms. The number of nitrogens with one attached hydrogen (secondary N) is 2. The zero-order chi connectivity index (χ0) is 33.4. The highest BCUT2D eigenvalue weighted by molar-refractivity contribution is 6.02. The maximum absolute atomic E-state index is 12.8. The van der Waals surface area contributed by atoms with E-state index in [1.807, 2.05) is 45.0 Å². The second kappa shape index (κ2) is 12.8. The molecule has 0 saturated heterocycles. The second-order valence-electron chi connectivity index (χ2n) is 11.7. The van der Waals surface area contributed by atoms with Gasteiger partial charge in [0.15, 0.2) is 6.10 Å². The number of carbonyl (C=O) groups excluding carboxylic acids is 2. The maximum Gasteiger partial charge on any atom is 0.338 e. The molecule has 3 N–H and O–H groups in total. The number of allylic oxidation sites excluding steroid dienone is 2. The van der Waals surface area contributed by atoms with Crippen LogP contribution < -0.4 is 0 Å². The smallest absolute Gasteiger partial charge is 0.338 e. The number of aryl methyl sites for hydroxylation is 2. The van der Waals surface area contributed by atoms with Crippen LogP contribution in [0, 0.1) is 13.8 Å². The maximum atomic E-state index is 12.8. The second-order valence-corrected chi connectivity index (χ2v) is 11.7. The van der Waals surface area contributed by atoms with Crippen molar-refractivity contribution in [1.29, 1.82) is 0 Å². The molecule has 0 aliphatic carbocycles. The third-order valence-electron chi connectivity index (χ3n) is 8.92. The monoisotopic (exact) mass is 624 g/mol. The molecule has 3 aromatic rings. The van der Waals surface area contributed by atoms with Crippen molar-refractivity contribution >= 4 is 57.2 Å². The van der Waals surface area contributed by atoms with Crippen molar-refractivity contribution in [1.82, 2.24) is 19.9 Å². The van der Waals surface area contributed by atoms with Crippen molar-refractivity contribution in [2.45, 2.75) is 79.8 Å². The van der Waals surface area contributed by atoms with Crippen LogP contribution in [0.1, 0.15) is 115 Å². The minimum atomic E-state index is -1.13. The quantitative estimate of drug-likeness (QED) is 0.218. The van der Waals surface area contributed by atoms with Gasteiger partial charge in [0.25, 0.3) is 0 Å². The Kier molecular flexibility index (Phi) is 9.01. The number of nitrogens with zero attached hydrogens (tertiary/aromatic N) is 2. The van der Waals surface area contributed by atoms with Crippen LogP contribution in [0.25, 0.3) is 39.3 Å². The normalized spacial score (nSPS) is 16.0. The fourth-order valence-corrected chi connectivity index (χ4v) is 6.34. The van der Waals surface area contributed by atoms with E-state index in [4.69, 9.17) is 19.4 Å². The molecular weight excluding hydrogens is 584 g/mol. The van der Waals surface area contributed by atoms with Crippen molar-refractivity contribution < 1.29 is 29.0 Å². The summed E-state index contributed by atoms with van der Waals surface area (Å²) in [6.45, 7) is 16.9. The van der Waals surface area contributed by atoms with Gasteiger partial charge in [-0.2, -0.15) is 0 Å². The Balaban J connectivity index is 2.02. The lowest BCUT2D eigenvalue weighted by molar-refractivity contribution is -0.150. The molecule has 3 aromatic heterocycles. The number of esters is 2. The number of carboxylic acids is 1. The molecule has 240 valence electrons. The summed E-state index contributed by atoms with van der Waals surface area (Å²) in [6, 6.07) is 5.83. The van der Waals surface area contributed by atoms with Crippen LogP contribution in [-0.2, 0) is 25.5 Å². The lowest BCUT2D eigenvalue weighted by atomic mass is 9.96. The van der Waals surface area contributed by atoms with Crippen molar-refractivity contribution in [3.8, 4) is 0 Å². The first-order valence-electron chi connectivity index (χ1n) is 15.6. The fourth-order valence-electron chi connectivity index (χ4n) is 6.34. The van der Waals surface area contributed by atoms with Crippen LogP contribution in [0.5, 0.6) is 0 Å². The minimum absolute atomic E-state index is 0.0215. The predicted octanol–water partition coefficient (Wildman–Crippen LogP) is 7.52. The van der Waals surface area contributed by atoms with E-state index in [0.29, 0.717) is 33.5 Å². The molecule has 2 unspecified atom stereocenters. The van der Waals surface area contributed by atoms with E-state index in [1.54, 1.807) is 13.8 Å². The molecule has 10 heteroatoms. The third kappa shape index (κ3) is 5.75. The first-order valence-corrected chi connectivity index (χ1v) is 15.6. The number of carbonyl (C=O) groups is 3. The minimum Gasteiger partial charge on any atom is -0.478 e. The average Bonchev–Trinajstić information content (AvgIpc) is 3.68. The number of hydrogen-bond acceptors (Lipinski definition) is 7. The SMILES string of the molecule is C=Cc1c(C)c2cc3nc(c(CCOC(C)=O)c4[nH]c(cc5nc(cc1[nH]2)C(C)=C5CC)c(C)c4C(=O)O)C(OC(=O)CC)C3C. The molecule has 0 radical (unpaired) electrons. The van der Waals surface area contributed by atoms with Gasteiger partial charge >= 0.3 is 17.9 Å². The van der Waals surface area contributed by atoms with Gasteiger partial charge in [-0.25, -0.2) is 9.78 Å². The number of aromatic amines is 2.